The highest BCUT2D eigenvalue weighted by Gasteiger charge is 2.28. The average Bonchev–Trinajstić information content (AvgIpc) is 2.51. The van der Waals surface area contributed by atoms with Crippen LogP contribution in [0.2, 0.25) is 0 Å². The van der Waals surface area contributed by atoms with E-state index < -0.39 is 5.91 Å². The van der Waals surface area contributed by atoms with E-state index in [0.29, 0.717) is 6.04 Å². The number of Topliss-reactive ketones (excluding diaryl/α,β-unsaturated/α-hetero) is 1. The van der Waals surface area contributed by atoms with Crippen LogP contribution in [0.3, 0.4) is 0 Å². The molecular weight excluding hydrogens is 280 g/mol. The number of carbonyl (C=O) groups is 2. The smallest absolute Gasteiger partial charge is 0.267 e. The molecule has 124 valence electrons. The highest BCUT2D eigenvalue weighted by Crippen LogP contribution is 2.29. The minimum atomic E-state index is -0.575. The minimum Gasteiger partial charge on any atom is -0.306 e. The van der Waals surface area contributed by atoms with Crippen molar-refractivity contribution < 1.29 is 14.8 Å². The summed E-state index contributed by atoms with van der Waals surface area (Å²) in [5.74, 6) is -0.284. The first-order valence-corrected chi connectivity index (χ1v) is 7.85. The van der Waals surface area contributed by atoms with E-state index in [1.54, 1.807) is 6.08 Å². The van der Waals surface area contributed by atoms with E-state index in [0.717, 1.165) is 31.3 Å². The normalized spacial score (nSPS) is 24.5. The molecule has 22 heavy (non-hydrogen) atoms. The SMILES string of the molecule is CC(/C=C/C(=O)NO)=C\[C@@H](C)C(=O)C1CCC(N(C)C)CC1. The van der Waals surface area contributed by atoms with E-state index in [4.69, 9.17) is 5.21 Å². The van der Waals surface area contributed by atoms with Gasteiger partial charge < -0.3 is 4.90 Å². The van der Waals surface area contributed by atoms with Gasteiger partial charge in [-0.15, -0.1) is 0 Å². The number of hydroxylamine groups is 1. The zero-order chi connectivity index (χ0) is 16.7. The van der Waals surface area contributed by atoms with Crippen LogP contribution in [0.1, 0.15) is 39.5 Å². The molecule has 0 bridgehead atoms. The lowest BCUT2D eigenvalue weighted by molar-refractivity contribution is -0.126. The van der Waals surface area contributed by atoms with E-state index >= 15 is 0 Å². The lowest BCUT2D eigenvalue weighted by Crippen LogP contribution is -2.35. The van der Waals surface area contributed by atoms with Crippen molar-refractivity contribution in [3.05, 3.63) is 23.8 Å². The van der Waals surface area contributed by atoms with Crippen LogP contribution >= 0.6 is 0 Å². The zero-order valence-corrected chi connectivity index (χ0v) is 14.0. The highest BCUT2D eigenvalue weighted by atomic mass is 16.5. The largest absolute Gasteiger partial charge is 0.306 e. The van der Waals surface area contributed by atoms with Crippen molar-refractivity contribution in [1.29, 1.82) is 0 Å². The van der Waals surface area contributed by atoms with Gasteiger partial charge >= 0.3 is 0 Å². The molecule has 0 aromatic rings. The molecular formula is C17H28N2O3. The molecule has 0 unspecified atom stereocenters. The second-order valence-electron chi connectivity index (χ2n) is 6.38. The standard InChI is InChI=1S/C17H28N2O3/c1-12(5-10-16(20)18-22)11-13(2)17(21)14-6-8-15(9-7-14)19(3)4/h5,10-11,13-15,22H,6-9H2,1-4H3,(H,18,20)/b10-5+,12-11+/t13-,14?,15?/m1/s1. The Morgan fingerprint density at radius 1 is 1.18 bits per heavy atom. The highest BCUT2D eigenvalue weighted by molar-refractivity contribution is 5.87. The molecule has 0 radical (unpaired) electrons. The molecule has 0 heterocycles. The Bertz CT molecular complexity index is 447. The van der Waals surface area contributed by atoms with Gasteiger partial charge in [0.2, 0.25) is 0 Å². The number of hydrogen-bond acceptors (Lipinski definition) is 4. The van der Waals surface area contributed by atoms with E-state index in [-0.39, 0.29) is 17.6 Å². The Kier molecular flexibility index (Phi) is 7.48. The van der Waals surface area contributed by atoms with Crippen molar-refractivity contribution in [3.63, 3.8) is 0 Å². The van der Waals surface area contributed by atoms with E-state index in [2.05, 4.69) is 19.0 Å². The first-order valence-electron chi connectivity index (χ1n) is 7.85. The third-order valence-corrected chi connectivity index (χ3v) is 4.40. The monoisotopic (exact) mass is 308 g/mol. The van der Waals surface area contributed by atoms with Crippen molar-refractivity contribution in [2.75, 3.05) is 14.1 Å². The second kappa shape index (κ2) is 8.86. The summed E-state index contributed by atoms with van der Waals surface area (Å²) in [6, 6.07) is 0.594. The molecule has 0 saturated heterocycles. The number of ketones is 1. The van der Waals surface area contributed by atoms with Crippen LogP contribution in [0.4, 0.5) is 0 Å². The summed E-state index contributed by atoms with van der Waals surface area (Å²) < 4.78 is 0. The topological polar surface area (TPSA) is 69.6 Å². The third kappa shape index (κ3) is 5.73. The Balaban J connectivity index is 2.55. The van der Waals surface area contributed by atoms with Crippen LogP contribution in [-0.4, -0.2) is 41.9 Å². The number of amides is 1. The average molecular weight is 308 g/mol. The molecule has 0 aromatic carbocycles. The Morgan fingerprint density at radius 2 is 1.77 bits per heavy atom. The van der Waals surface area contributed by atoms with Gasteiger partial charge in [0.25, 0.3) is 5.91 Å². The van der Waals surface area contributed by atoms with E-state index in [1.165, 1.54) is 11.6 Å². The number of allylic oxidation sites excluding steroid dienone is 3. The van der Waals surface area contributed by atoms with Crippen LogP contribution in [0.5, 0.6) is 0 Å². The van der Waals surface area contributed by atoms with Crippen molar-refractivity contribution in [2.45, 2.75) is 45.6 Å². The Hall–Kier alpha value is -1.46. The molecule has 1 amide bonds. The van der Waals surface area contributed by atoms with Gasteiger partial charge in [-0.2, -0.15) is 0 Å². The van der Waals surface area contributed by atoms with Crippen molar-refractivity contribution in [3.8, 4) is 0 Å². The van der Waals surface area contributed by atoms with Gasteiger partial charge in [0, 0.05) is 24.0 Å². The maximum atomic E-state index is 12.5. The van der Waals surface area contributed by atoms with E-state index in [9.17, 15) is 9.59 Å². The van der Waals surface area contributed by atoms with Crippen LogP contribution < -0.4 is 5.48 Å². The van der Waals surface area contributed by atoms with Gasteiger partial charge in [0.1, 0.15) is 5.78 Å². The third-order valence-electron chi connectivity index (χ3n) is 4.40. The molecule has 5 nitrogen and oxygen atoms in total. The van der Waals surface area contributed by atoms with Crippen molar-refractivity contribution >= 4 is 11.7 Å². The fourth-order valence-electron chi connectivity index (χ4n) is 3.02. The number of hydrogen-bond donors (Lipinski definition) is 2. The minimum absolute atomic E-state index is 0.150. The van der Waals surface area contributed by atoms with Crippen LogP contribution in [0, 0.1) is 11.8 Å². The van der Waals surface area contributed by atoms with Crippen molar-refractivity contribution in [1.82, 2.24) is 10.4 Å². The molecule has 0 aliphatic heterocycles. The second-order valence-corrected chi connectivity index (χ2v) is 6.38. The van der Waals surface area contributed by atoms with Gasteiger partial charge in [-0.3, -0.25) is 14.8 Å². The lowest BCUT2D eigenvalue weighted by atomic mass is 9.79. The quantitative estimate of drug-likeness (QED) is 0.342. The van der Waals surface area contributed by atoms with Crippen molar-refractivity contribution in [2.24, 2.45) is 11.8 Å². The zero-order valence-electron chi connectivity index (χ0n) is 14.0. The fourth-order valence-corrected chi connectivity index (χ4v) is 3.02. The summed E-state index contributed by atoms with van der Waals surface area (Å²) in [5, 5.41) is 8.42. The lowest BCUT2D eigenvalue weighted by Gasteiger charge is -2.32. The molecule has 0 aromatic heterocycles. The van der Waals surface area contributed by atoms with Gasteiger partial charge in [-0.25, -0.2) is 5.48 Å². The van der Waals surface area contributed by atoms with Crippen LogP contribution in [-0.2, 0) is 9.59 Å². The number of nitrogens with zero attached hydrogens (tertiary/aromatic N) is 1. The summed E-state index contributed by atoms with van der Waals surface area (Å²) in [7, 11) is 4.19. The molecule has 5 heteroatoms. The first-order chi connectivity index (χ1) is 10.3. The van der Waals surface area contributed by atoms with E-state index in [1.807, 2.05) is 19.9 Å². The molecule has 1 saturated carbocycles. The fraction of sp³-hybridized carbons (Fsp3) is 0.647. The van der Waals surface area contributed by atoms with Gasteiger partial charge in [-0.1, -0.05) is 24.6 Å². The molecule has 1 aliphatic carbocycles. The molecule has 1 rings (SSSR count). The predicted molar refractivity (Wildman–Crippen MR) is 86.4 cm³/mol. The summed E-state index contributed by atoms with van der Waals surface area (Å²) in [6.45, 7) is 3.75. The summed E-state index contributed by atoms with van der Waals surface area (Å²) in [4.78, 5) is 25.7. The van der Waals surface area contributed by atoms with Gasteiger partial charge in [-0.05, 0) is 46.7 Å². The predicted octanol–water partition coefficient (Wildman–Crippen LogP) is 2.32. The maximum Gasteiger partial charge on any atom is 0.267 e. The number of carbonyl (C=O) groups excluding carboxylic acids is 2. The maximum absolute atomic E-state index is 12.5. The van der Waals surface area contributed by atoms with Crippen LogP contribution in [0.25, 0.3) is 0 Å². The van der Waals surface area contributed by atoms with Gasteiger partial charge in [0.05, 0.1) is 0 Å². The molecule has 1 aliphatic rings. The number of nitrogens with one attached hydrogen (secondary N) is 1. The number of rotatable bonds is 6. The summed E-state index contributed by atoms with van der Waals surface area (Å²) >= 11 is 0. The molecule has 1 fully saturated rings. The first kappa shape index (κ1) is 18.6. The molecule has 0 spiro atoms. The molecule has 2 N–H and O–H groups in total. The van der Waals surface area contributed by atoms with Gasteiger partial charge in [0.15, 0.2) is 0 Å². The van der Waals surface area contributed by atoms with Crippen LogP contribution in [0.15, 0.2) is 23.8 Å². The summed E-state index contributed by atoms with van der Waals surface area (Å²) in [6.07, 6.45) is 8.79. The summed E-state index contributed by atoms with van der Waals surface area (Å²) in [5.41, 5.74) is 2.38. The molecule has 1 atom stereocenters. The Labute approximate surface area is 133 Å². The Morgan fingerprint density at radius 3 is 2.27 bits per heavy atom.